The van der Waals surface area contributed by atoms with Crippen molar-refractivity contribution in [2.24, 2.45) is 5.92 Å². The molecule has 0 unspecified atom stereocenters. The van der Waals surface area contributed by atoms with Crippen LogP contribution in [0.15, 0.2) is 0 Å². The van der Waals surface area contributed by atoms with Crippen LogP contribution >= 0.6 is 12.4 Å². The summed E-state index contributed by atoms with van der Waals surface area (Å²) in [6.45, 7) is 6.47. The van der Waals surface area contributed by atoms with Crippen molar-refractivity contribution < 1.29 is 4.79 Å². The fraction of sp³-hybridized carbons (Fsp3) is 0.909. The number of carbonyl (C=O) groups excluding carboxylic acids is 1. The number of rotatable bonds is 5. The third-order valence-electron chi connectivity index (χ3n) is 3.11. The van der Waals surface area contributed by atoms with Gasteiger partial charge in [0.25, 0.3) is 0 Å². The summed E-state index contributed by atoms with van der Waals surface area (Å²) >= 11 is 0. The van der Waals surface area contributed by atoms with Gasteiger partial charge in [-0.2, -0.15) is 0 Å². The Bertz CT molecular complexity index is 215. The van der Waals surface area contributed by atoms with Gasteiger partial charge in [-0.3, -0.25) is 4.79 Å². The van der Waals surface area contributed by atoms with Gasteiger partial charge in [0.05, 0.1) is 0 Å². The molecule has 4 nitrogen and oxygen atoms in total. The van der Waals surface area contributed by atoms with E-state index < -0.39 is 0 Å². The van der Waals surface area contributed by atoms with Gasteiger partial charge in [0, 0.05) is 38.6 Å². The summed E-state index contributed by atoms with van der Waals surface area (Å²) < 4.78 is 0. The molecule has 2 aliphatic rings. The molecule has 1 heterocycles. The Hall–Kier alpha value is -0.320. The van der Waals surface area contributed by atoms with Crippen LogP contribution in [-0.4, -0.2) is 50.1 Å². The van der Waals surface area contributed by atoms with Crippen LogP contribution in [0, 0.1) is 5.92 Å². The van der Waals surface area contributed by atoms with Crippen molar-refractivity contribution in [3.05, 3.63) is 0 Å². The molecule has 5 heteroatoms. The topological polar surface area (TPSA) is 44.4 Å². The Kier molecular flexibility index (Phi) is 6.09. The van der Waals surface area contributed by atoms with Crippen molar-refractivity contribution in [3.63, 3.8) is 0 Å². The van der Waals surface area contributed by atoms with Gasteiger partial charge in [-0.1, -0.05) is 0 Å². The summed E-state index contributed by atoms with van der Waals surface area (Å²) in [7, 11) is 0. The maximum Gasteiger partial charge on any atom is 0.223 e. The first kappa shape index (κ1) is 13.7. The standard InChI is InChI=1S/C11H21N3O.ClH/c15-11(10-2-3-10)13-4-1-7-14-8-5-12-6-9-14;/h10,12H,1-9H2,(H,13,15);1H. The molecule has 0 atom stereocenters. The number of nitrogens with one attached hydrogen (secondary N) is 2. The molecule has 2 rings (SSSR count). The van der Waals surface area contributed by atoms with Crippen LogP contribution in [0.3, 0.4) is 0 Å². The Balaban J connectivity index is 0.00000128. The lowest BCUT2D eigenvalue weighted by molar-refractivity contribution is -0.122. The van der Waals surface area contributed by atoms with E-state index in [1.54, 1.807) is 0 Å². The lowest BCUT2D eigenvalue weighted by Crippen LogP contribution is -2.44. The van der Waals surface area contributed by atoms with Gasteiger partial charge >= 0.3 is 0 Å². The molecule has 1 aliphatic carbocycles. The molecule has 1 aliphatic heterocycles. The highest BCUT2D eigenvalue weighted by molar-refractivity contribution is 5.85. The quantitative estimate of drug-likeness (QED) is 0.684. The minimum Gasteiger partial charge on any atom is -0.356 e. The van der Waals surface area contributed by atoms with Crippen molar-refractivity contribution in [2.45, 2.75) is 19.3 Å². The van der Waals surface area contributed by atoms with Gasteiger partial charge < -0.3 is 15.5 Å². The van der Waals surface area contributed by atoms with E-state index in [-0.39, 0.29) is 18.3 Å². The Morgan fingerprint density at radius 2 is 2.00 bits per heavy atom. The third-order valence-corrected chi connectivity index (χ3v) is 3.11. The van der Waals surface area contributed by atoms with Crippen LogP contribution in [0.4, 0.5) is 0 Å². The van der Waals surface area contributed by atoms with Crippen molar-refractivity contribution >= 4 is 18.3 Å². The largest absolute Gasteiger partial charge is 0.356 e. The first-order valence-corrected chi connectivity index (χ1v) is 6.07. The molecule has 0 aromatic carbocycles. The molecule has 1 saturated heterocycles. The van der Waals surface area contributed by atoms with Crippen LogP contribution in [0.2, 0.25) is 0 Å². The first-order valence-electron chi connectivity index (χ1n) is 6.07. The van der Waals surface area contributed by atoms with E-state index in [9.17, 15) is 4.79 Å². The molecule has 0 spiro atoms. The first-order chi connectivity index (χ1) is 7.36. The van der Waals surface area contributed by atoms with Crippen molar-refractivity contribution in [1.29, 1.82) is 0 Å². The van der Waals surface area contributed by atoms with Gasteiger partial charge in [0.1, 0.15) is 0 Å². The van der Waals surface area contributed by atoms with Crippen LogP contribution in [0.5, 0.6) is 0 Å². The molecule has 94 valence electrons. The maximum atomic E-state index is 11.3. The molecule has 2 N–H and O–H groups in total. The monoisotopic (exact) mass is 247 g/mol. The van der Waals surface area contributed by atoms with Gasteiger partial charge in [0.2, 0.25) is 5.91 Å². The van der Waals surface area contributed by atoms with Gasteiger partial charge in [-0.25, -0.2) is 0 Å². The normalized spacial score (nSPS) is 21.2. The molecule has 0 bridgehead atoms. The highest BCUT2D eigenvalue weighted by Crippen LogP contribution is 2.28. The number of hydrogen-bond acceptors (Lipinski definition) is 3. The Morgan fingerprint density at radius 3 is 2.62 bits per heavy atom. The number of amides is 1. The minimum absolute atomic E-state index is 0. The van der Waals surface area contributed by atoms with Crippen LogP contribution < -0.4 is 10.6 Å². The Labute approximate surface area is 104 Å². The second-order valence-corrected chi connectivity index (χ2v) is 4.51. The van der Waals surface area contributed by atoms with E-state index in [0.29, 0.717) is 5.92 Å². The van der Waals surface area contributed by atoms with E-state index >= 15 is 0 Å². The fourth-order valence-electron chi connectivity index (χ4n) is 1.94. The highest BCUT2D eigenvalue weighted by atomic mass is 35.5. The summed E-state index contributed by atoms with van der Waals surface area (Å²) in [6.07, 6.45) is 3.28. The van der Waals surface area contributed by atoms with E-state index in [4.69, 9.17) is 0 Å². The van der Waals surface area contributed by atoms with E-state index in [2.05, 4.69) is 15.5 Å². The molecule has 0 aromatic rings. The second-order valence-electron chi connectivity index (χ2n) is 4.51. The predicted molar refractivity (Wildman–Crippen MR) is 66.9 cm³/mol. The number of halogens is 1. The van der Waals surface area contributed by atoms with Crippen molar-refractivity contribution in [1.82, 2.24) is 15.5 Å². The van der Waals surface area contributed by atoms with Gasteiger partial charge in [-0.15, -0.1) is 12.4 Å². The SMILES string of the molecule is Cl.O=C(NCCCN1CCNCC1)C1CC1. The van der Waals surface area contributed by atoms with E-state index in [0.717, 1.165) is 58.5 Å². The summed E-state index contributed by atoms with van der Waals surface area (Å²) in [5.41, 5.74) is 0. The van der Waals surface area contributed by atoms with E-state index in [1.807, 2.05) is 0 Å². The van der Waals surface area contributed by atoms with Crippen molar-refractivity contribution in [2.75, 3.05) is 39.3 Å². The van der Waals surface area contributed by atoms with Gasteiger partial charge in [-0.05, 0) is 25.8 Å². The fourth-order valence-corrected chi connectivity index (χ4v) is 1.94. The lowest BCUT2D eigenvalue weighted by atomic mass is 10.3. The molecule has 0 radical (unpaired) electrons. The number of nitrogens with zero attached hydrogens (tertiary/aromatic N) is 1. The Morgan fingerprint density at radius 1 is 1.31 bits per heavy atom. The van der Waals surface area contributed by atoms with Crippen LogP contribution in [-0.2, 0) is 4.79 Å². The molecule has 16 heavy (non-hydrogen) atoms. The molecule has 2 fully saturated rings. The number of hydrogen-bond donors (Lipinski definition) is 2. The molecule has 1 amide bonds. The zero-order valence-electron chi connectivity index (χ0n) is 9.71. The molecular formula is C11H22ClN3O. The van der Waals surface area contributed by atoms with Gasteiger partial charge in [0.15, 0.2) is 0 Å². The summed E-state index contributed by atoms with van der Waals surface area (Å²) in [5.74, 6) is 0.625. The molecule has 1 saturated carbocycles. The predicted octanol–water partition coefficient (Wildman–Crippen LogP) is 0.230. The van der Waals surface area contributed by atoms with Crippen molar-refractivity contribution in [3.8, 4) is 0 Å². The zero-order valence-corrected chi connectivity index (χ0v) is 10.5. The lowest BCUT2D eigenvalue weighted by Gasteiger charge is -2.27. The average Bonchev–Trinajstić information content (AvgIpc) is 3.09. The highest BCUT2D eigenvalue weighted by Gasteiger charge is 2.28. The molecular weight excluding hydrogens is 226 g/mol. The zero-order chi connectivity index (χ0) is 10.5. The number of piperazine rings is 1. The minimum atomic E-state index is 0. The average molecular weight is 248 g/mol. The summed E-state index contributed by atoms with van der Waals surface area (Å²) in [4.78, 5) is 13.8. The molecule has 0 aromatic heterocycles. The third kappa shape index (κ3) is 4.68. The summed E-state index contributed by atoms with van der Waals surface area (Å²) in [5, 5.41) is 6.34. The summed E-state index contributed by atoms with van der Waals surface area (Å²) in [6, 6.07) is 0. The van der Waals surface area contributed by atoms with Crippen LogP contribution in [0.1, 0.15) is 19.3 Å². The number of carbonyl (C=O) groups is 1. The smallest absolute Gasteiger partial charge is 0.223 e. The van der Waals surface area contributed by atoms with Crippen LogP contribution in [0.25, 0.3) is 0 Å². The second kappa shape index (κ2) is 7.09. The maximum absolute atomic E-state index is 11.3. The van der Waals surface area contributed by atoms with E-state index in [1.165, 1.54) is 0 Å².